The van der Waals surface area contributed by atoms with Gasteiger partial charge in [0.05, 0.1) is 0 Å². The Morgan fingerprint density at radius 1 is 1.17 bits per heavy atom. The van der Waals surface area contributed by atoms with E-state index in [4.69, 9.17) is 0 Å². The summed E-state index contributed by atoms with van der Waals surface area (Å²) in [6.45, 7) is 0.609. The molecule has 0 amide bonds. The molecule has 0 saturated heterocycles. The Hall–Kier alpha value is -0.110. The SMILES string of the molecule is FC1(CNC2CCC2)CCCC1. The first-order chi connectivity index (χ1) is 5.79. The third kappa shape index (κ3) is 1.79. The van der Waals surface area contributed by atoms with E-state index in [1.807, 2.05) is 0 Å². The van der Waals surface area contributed by atoms with Gasteiger partial charge < -0.3 is 5.32 Å². The minimum Gasteiger partial charge on any atom is -0.311 e. The molecule has 70 valence electrons. The summed E-state index contributed by atoms with van der Waals surface area (Å²) in [5.74, 6) is 0. The molecule has 0 aromatic rings. The van der Waals surface area contributed by atoms with E-state index in [0.717, 1.165) is 25.7 Å². The lowest BCUT2D eigenvalue weighted by molar-refractivity contribution is 0.152. The minimum atomic E-state index is -0.852. The second-order valence-electron chi connectivity index (χ2n) is 4.37. The van der Waals surface area contributed by atoms with Crippen molar-refractivity contribution in [2.24, 2.45) is 0 Å². The zero-order valence-corrected chi connectivity index (χ0v) is 7.61. The summed E-state index contributed by atoms with van der Waals surface area (Å²) < 4.78 is 13.8. The summed E-state index contributed by atoms with van der Waals surface area (Å²) >= 11 is 0. The van der Waals surface area contributed by atoms with E-state index in [1.165, 1.54) is 19.3 Å². The van der Waals surface area contributed by atoms with Crippen LogP contribution in [0, 0.1) is 0 Å². The Kier molecular flexibility index (Phi) is 2.35. The van der Waals surface area contributed by atoms with E-state index in [-0.39, 0.29) is 0 Å². The van der Waals surface area contributed by atoms with Crippen LogP contribution in [0.2, 0.25) is 0 Å². The zero-order chi connectivity index (χ0) is 8.44. The van der Waals surface area contributed by atoms with Gasteiger partial charge in [-0.05, 0) is 25.7 Å². The van der Waals surface area contributed by atoms with E-state index in [2.05, 4.69) is 5.32 Å². The number of halogens is 1. The van der Waals surface area contributed by atoms with Crippen LogP contribution < -0.4 is 5.32 Å². The van der Waals surface area contributed by atoms with Crippen molar-refractivity contribution in [2.45, 2.75) is 56.7 Å². The molecule has 12 heavy (non-hydrogen) atoms. The number of rotatable bonds is 3. The molecular weight excluding hydrogens is 153 g/mol. The van der Waals surface area contributed by atoms with Crippen molar-refractivity contribution in [1.82, 2.24) is 5.32 Å². The topological polar surface area (TPSA) is 12.0 Å². The molecule has 0 bridgehead atoms. The normalized spacial score (nSPS) is 28.8. The summed E-state index contributed by atoms with van der Waals surface area (Å²) in [5, 5.41) is 3.33. The van der Waals surface area contributed by atoms with E-state index in [9.17, 15) is 4.39 Å². The average Bonchev–Trinajstić information content (AvgIpc) is 2.33. The molecule has 0 radical (unpaired) electrons. The fourth-order valence-corrected chi connectivity index (χ4v) is 2.13. The van der Waals surface area contributed by atoms with Crippen molar-refractivity contribution in [3.63, 3.8) is 0 Å². The molecule has 0 atom stereocenters. The van der Waals surface area contributed by atoms with Gasteiger partial charge in [-0.15, -0.1) is 0 Å². The van der Waals surface area contributed by atoms with Crippen LogP contribution >= 0.6 is 0 Å². The molecule has 2 saturated carbocycles. The number of alkyl halides is 1. The molecule has 1 nitrogen and oxygen atoms in total. The minimum absolute atomic E-state index is 0.609. The second kappa shape index (κ2) is 3.33. The summed E-state index contributed by atoms with van der Waals surface area (Å²) in [7, 11) is 0. The number of hydrogen-bond acceptors (Lipinski definition) is 1. The summed E-state index contributed by atoms with van der Waals surface area (Å²) in [5.41, 5.74) is -0.852. The lowest BCUT2D eigenvalue weighted by atomic mass is 9.92. The van der Waals surface area contributed by atoms with Gasteiger partial charge in [-0.25, -0.2) is 4.39 Å². The standard InChI is InChI=1S/C10H18FN/c11-10(6-1-2-7-10)8-12-9-4-3-5-9/h9,12H,1-8H2. The maximum absolute atomic E-state index is 13.8. The first-order valence-electron chi connectivity index (χ1n) is 5.21. The molecule has 0 aliphatic heterocycles. The third-order valence-electron chi connectivity index (χ3n) is 3.31. The first kappa shape index (κ1) is 8.49. The molecule has 0 unspecified atom stereocenters. The summed E-state index contributed by atoms with van der Waals surface area (Å²) in [6.07, 6.45) is 7.59. The predicted octanol–water partition coefficient (Wildman–Crippen LogP) is 2.41. The number of nitrogens with one attached hydrogen (secondary N) is 1. The fourth-order valence-electron chi connectivity index (χ4n) is 2.13. The van der Waals surface area contributed by atoms with Gasteiger partial charge in [0, 0.05) is 12.6 Å². The largest absolute Gasteiger partial charge is 0.311 e. The van der Waals surface area contributed by atoms with Crippen LogP contribution in [0.15, 0.2) is 0 Å². The smallest absolute Gasteiger partial charge is 0.123 e. The highest BCUT2D eigenvalue weighted by molar-refractivity contribution is 4.89. The van der Waals surface area contributed by atoms with Crippen LogP contribution in [0.5, 0.6) is 0 Å². The molecule has 0 aromatic carbocycles. The lowest BCUT2D eigenvalue weighted by Crippen LogP contribution is -2.43. The van der Waals surface area contributed by atoms with Crippen molar-refractivity contribution < 1.29 is 4.39 Å². The highest BCUT2D eigenvalue weighted by atomic mass is 19.1. The molecule has 2 fully saturated rings. The Labute approximate surface area is 73.7 Å². The Balaban J connectivity index is 1.70. The molecule has 0 heterocycles. The molecule has 0 aromatic heterocycles. The Bertz CT molecular complexity index is 148. The summed E-state index contributed by atoms with van der Waals surface area (Å²) in [6, 6.07) is 0.637. The van der Waals surface area contributed by atoms with Crippen LogP contribution in [0.4, 0.5) is 4.39 Å². The monoisotopic (exact) mass is 171 g/mol. The van der Waals surface area contributed by atoms with Crippen LogP contribution in [-0.2, 0) is 0 Å². The van der Waals surface area contributed by atoms with E-state index in [0.29, 0.717) is 12.6 Å². The summed E-state index contributed by atoms with van der Waals surface area (Å²) in [4.78, 5) is 0. The van der Waals surface area contributed by atoms with Crippen molar-refractivity contribution in [3.05, 3.63) is 0 Å². The lowest BCUT2D eigenvalue weighted by Gasteiger charge is -2.30. The van der Waals surface area contributed by atoms with Crippen LogP contribution in [0.3, 0.4) is 0 Å². The molecule has 2 rings (SSSR count). The van der Waals surface area contributed by atoms with Gasteiger partial charge in [-0.1, -0.05) is 19.3 Å². The first-order valence-corrected chi connectivity index (χ1v) is 5.21. The van der Waals surface area contributed by atoms with Crippen LogP contribution in [0.25, 0.3) is 0 Å². The molecule has 0 spiro atoms. The average molecular weight is 171 g/mol. The van der Waals surface area contributed by atoms with Gasteiger partial charge in [-0.3, -0.25) is 0 Å². The van der Waals surface area contributed by atoms with E-state index >= 15 is 0 Å². The van der Waals surface area contributed by atoms with Crippen molar-refractivity contribution in [2.75, 3.05) is 6.54 Å². The van der Waals surface area contributed by atoms with E-state index in [1.54, 1.807) is 0 Å². The zero-order valence-electron chi connectivity index (χ0n) is 7.61. The van der Waals surface area contributed by atoms with Crippen molar-refractivity contribution >= 4 is 0 Å². The highest BCUT2D eigenvalue weighted by Crippen LogP contribution is 2.33. The maximum atomic E-state index is 13.8. The van der Waals surface area contributed by atoms with Crippen molar-refractivity contribution in [1.29, 1.82) is 0 Å². The molecule has 2 aliphatic carbocycles. The van der Waals surface area contributed by atoms with Gasteiger partial charge in [0.2, 0.25) is 0 Å². The third-order valence-corrected chi connectivity index (χ3v) is 3.31. The Morgan fingerprint density at radius 3 is 2.33 bits per heavy atom. The quantitative estimate of drug-likeness (QED) is 0.687. The molecule has 1 N–H and O–H groups in total. The van der Waals surface area contributed by atoms with Crippen LogP contribution in [0.1, 0.15) is 44.9 Å². The second-order valence-corrected chi connectivity index (χ2v) is 4.37. The van der Waals surface area contributed by atoms with Crippen molar-refractivity contribution in [3.8, 4) is 0 Å². The van der Waals surface area contributed by atoms with E-state index < -0.39 is 5.67 Å². The molecular formula is C10H18FN. The van der Waals surface area contributed by atoms with Crippen LogP contribution in [-0.4, -0.2) is 18.3 Å². The maximum Gasteiger partial charge on any atom is 0.123 e. The van der Waals surface area contributed by atoms with Gasteiger partial charge >= 0.3 is 0 Å². The molecule has 2 heteroatoms. The van der Waals surface area contributed by atoms with Gasteiger partial charge in [0.25, 0.3) is 0 Å². The van der Waals surface area contributed by atoms with Gasteiger partial charge in [0.1, 0.15) is 5.67 Å². The predicted molar refractivity (Wildman–Crippen MR) is 47.9 cm³/mol. The fraction of sp³-hybridized carbons (Fsp3) is 1.00. The van der Waals surface area contributed by atoms with Gasteiger partial charge in [-0.2, -0.15) is 0 Å². The van der Waals surface area contributed by atoms with Gasteiger partial charge in [0.15, 0.2) is 0 Å². The number of hydrogen-bond donors (Lipinski definition) is 1. The molecule has 2 aliphatic rings. The Morgan fingerprint density at radius 2 is 1.83 bits per heavy atom. The highest BCUT2D eigenvalue weighted by Gasteiger charge is 2.34.